The molecule has 1 aromatic carbocycles. The minimum Gasteiger partial charge on any atom is -0.352 e. The molecule has 24 heavy (non-hydrogen) atoms. The normalized spacial score (nSPS) is 16.8. The van der Waals surface area contributed by atoms with E-state index < -0.39 is 34.1 Å². The van der Waals surface area contributed by atoms with E-state index in [1.807, 2.05) is 7.05 Å². The van der Waals surface area contributed by atoms with Gasteiger partial charge < -0.3 is 10.2 Å². The molecule has 1 aliphatic heterocycles. The van der Waals surface area contributed by atoms with Gasteiger partial charge in [-0.05, 0) is 45.1 Å². The molecule has 134 valence electrons. The molecule has 1 amide bonds. The first-order valence-electron chi connectivity index (χ1n) is 7.57. The van der Waals surface area contributed by atoms with Crippen LogP contribution in [-0.4, -0.2) is 58.2 Å². The third-order valence-electron chi connectivity index (χ3n) is 3.95. The number of carbonyl (C=O) groups excluding carboxylic acids is 1. The summed E-state index contributed by atoms with van der Waals surface area (Å²) in [5.41, 5.74) is -0.350. The van der Waals surface area contributed by atoms with Gasteiger partial charge in [-0.1, -0.05) is 0 Å². The van der Waals surface area contributed by atoms with Crippen LogP contribution < -0.4 is 9.62 Å². The second-order valence-electron chi connectivity index (χ2n) is 6.01. The van der Waals surface area contributed by atoms with Crippen LogP contribution in [0.2, 0.25) is 0 Å². The number of hydrogen-bond acceptors (Lipinski definition) is 4. The molecule has 0 unspecified atom stereocenters. The molecule has 0 bridgehead atoms. The zero-order valence-electron chi connectivity index (χ0n) is 13.6. The highest BCUT2D eigenvalue weighted by Gasteiger charge is 2.26. The quantitative estimate of drug-likeness (QED) is 0.848. The van der Waals surface area contributed by atoms with E-state index in [-0.39, 0.29) is 11.7 Å². The van der Waals surface area contributed by atoms with Crippen LogP contribution in [0.3, 0.4) is 0 Å². The van der Waals surface area contributed by atoms with Gasteiger partial charge in [-0.3, -0.25) is 9.10 Å². The Kier molecular flexibility index (Phi) is 5.76. The summed E-state index contributed by atoms with van der Waals surface area (Å²) in [6.45, 7) is 1.13. The third-order valence-corrected chi connectivity index (χ3v) is 5.08. The van der Waals surface area contributed by atoms with E-state index in [0.29, 0.717) is 10.4 Å². The van der Waals surface area contributed by atoms with Crippen LogP contribution in [0.4, 0.5) is 14.5 Å². The number of amides is 1. The lowest BCUT2D eigenvalue weighted by Crippen LogP contribution is -2.47. The minimum atomic E-state index is -3.90. The number of piperidine rings is 1. The lowest BCUT2D eigenvalue weighted by atomic mass is 10.1. The van der Waals surface area contributed by atoms with E-state index in [1.165, 1.54) is 0 Å². The van der Waals surface area contributed by atoms with Gasteiger partial charge in [-0.25, -0.2) is 17.2 Å². The predicted molar refractivity (Wildman–Crippen MR) is 87.2 cm³/mol. The highest BCUT2D eigenvalue weighted by atomic mass is 32.2. The van der Waals surface area contributed by atoms with Gasteiger partial charge in [-0.15, -0.1) is 0 Å². The highest BCUT2D eigenvalue weighted by molar-refractivity contribution is 7.92. The van der Waals surface area contributed by atoms with Gasteiger partial charge in [0.25, 0.3) is 0 Å². The molecule has 6 nitrogen and oxygen atoms in total. The number of benzene rings is 1. The number of nitrogens with zero attached hydrogens (tertiary/aromatic N) is 2. The van der Waals surface area contributed by atoms with E-state index in [1.54, 1.807) is 0 Å². The van der Waals surface area contributed by atoms with Crippen molar-refractivity contribution in [1.29, 1.82) is 0 Å². The number of carbonyl (C=O) groups is 1. The largest absolute Gasteiger partial charge is 0.352 e. The molecule has 0 aromatic heterocycles. The Bertz CT molecular complexity index is 704. The summed E-state index contributed by atoms with van der Waals surface area (Å²) in [7, 11) is -1.91. The summed E-state index contributed by atoms with van der Waals surface area (Å²) in [5, 5.41) is 2.77. The number of hydrogen-bond donors (Lipinski definition) is 1. The van der Waals surface area contributed by atoms with Gasteiger partial charge >= 0.3 is 0 Å². The monoisotopic (exact) mass is 361 g/mol. The van der Waals surface area contributed by atoms with E-state index in [2.05, 4.69) is 10.2 Å². The van der Waals surface area contributed by atoms with E-state index in [4.69, 9.17) is 0 Å². The fourth-order valence-electron chi connectivity index (χ4n) is 2.62. The van der Waals surface area contributed by atoms with Crippen molar-refractivity contribution in [3.8, 4) is 0 Å². The zero-order valence-corrected chi connectivity index (χ0v) is 14.4. The Morgan fingerprint density at radius 3 is 2.50 bits per heavy atom. The van der Waals surface area contributed by atoms with Crippen molar-refractivity contribution in [1.82, 2.24) is 10.2 Å². The lowest BCUT2D eigenvalue weighted by molar-refractivity contribution is -0.120. The summed E-state index contributed by atoms with van der Waals surface area (Å²) in [4.78, 5) is 14.3. The van der Waals surface area contributed by atoms with Gasteiger partial charge in [0.15, 0.2) is 0 Å². The Morgan fingerprint density at radius 2 is 1.96 bits per heavy atom. The average molecular weight is 361 g/mol. The van der Waals surface area contributed by atoms with Crippen molar-refractivity contribution >= 4 is 21.6 Å². The molecule has 0 radical (unpaired) electrons. The van der Waals surface area contributed by atoms with Gasteiger partial charge in [0.2, 0.25) is 15.9 Å². The summed E-state index contributed by atoms with van der Waals surface area (Å²) in [6, 6.07) is 2.51. The molecule has 9 heteroatoms. The van der Waals surface area contributed by atoms with Crippen LogP contribution in [0, 0.1) is 11.6 Å². The first kappa shape index (κ1) is 18.6. The number of anilines is 1. The number of sulfonamides is 1. The smallest absolute Gasteiger partial charge is 0.240 e. The van der Waals surface area contributed by atoms with E-state index in [0.717, 1.165) is 44.3 Å². The molecule has 1 fully saturated rings. The Hall–Kier alpha value is -1.74. The maximum Gasteiger partial charge on any atom is 0.240 e. The number of nitrogens with one attached hydrogen (secondary N) is 1. The van der Waals surface area contributed by atoms with E-state index in [9.17, 15) is 22.0 Å². The fraction of sp³-hybridized carbons (Fsp3) is 0.533. The molecule has 0 atom stereocenters. The van der Waals surface area contributed by atoms with Crippen LogP contribution in [0.1, 0.15) is 12.8 Å². The minimum absolute atomic E-state index is 0.0341. The van der Waals surface area contributed by atoms with Gasteiger partial charge in [0.05, 0.1) is 11.9 Å². The van der Waals surface area contributed by atoms with Gasteiger partial charge in [0.1, 0.15) is 18.2 Å². The average Bonchev–Trinajstić information content (AvgIpc) is 2.47. The molecule has 1 N–H and O–H groups in total. The van der Waals surface area contributed by atoms with E-state index >= 15 is 0 Å². The molecule has 0 saturated carbocycles. The molecule has 2 rings (SSSR count). The number of rotatable bonds is 5. The van der Waals surface area contributed by atoms with Crippen LogP contribution in [0.25, 0.3) is 0 Å². The number of likely N-dealkylation sites (tertiary alicyclic amines) is 1. The van der Waals surface area contributed by atoms with Crippen LogP contribution in [0.5, 0.6) is 0 Å². The Labute approximate surface area is 140 Å². The molecule has 0 aliphatic carbocycles. The molecule has 1 heterocycles. The summed E-state index contributed by atoms with van der Waals surface area (Å²) < 4.78 is 51.4. The number of halogens is 2. The van der Waals surface area contributed by atoms with Crippen molar-refractivity contribution in [3.05, 3.63) is 29.8 Å². The molecule has 1 aliphatic rings. The molecular formula is C15H21F2N3O3S. The molecular weight excluding hydrogens is 340 g/mol. The summed E-state index contributed by atoms with van der Waals surface area (Å²) in [5.74, 6) is -2.37. The van der Waals surface area contributed by atoms with Gasteiger partial charge in [-0.2, -0.15) is 0 Å². The maximum absolute atomic E-state index is 13.9. The summed E-state index contributed by atoms with van der Waals surface area (Å²) in [6.07, 6.45) is 2.41. The SMILES string of the molecule is CN1CCC(NC(=O)CN(c2ccc(F)cc2F)S(C)(=O)=O)CC1. The Morgan fingerprint density at radius 1 is 1.33 bits per heavy atom. The second kappa shape index (κ2) is 7.43. The molecule has 1 aromatic rings. The zero-order chi connectivity index (χ0) is 17.9. The topological polar surface area (TPSA) is 69.7 Å². The van der Waals surface area contributed by atoms with Crippen LogP contribution >= 0.6 is 0 Å². The standard InChI is InChI=1S/C15H21F2N3O3S/c1-19-7-5-12(6-8-19)18-15(21)10-20(24(2,22)23)14-4-3-11(16)9-13(14)17/h3-4,9,12H,5-8,10H2,1-2H3,(H,18,21). The maximum atomic E-state index is 13.9. The van der Waals surface area contributed by atoms with Gasteiger partial charge in [0, 0.05) is 12.1 Å². The van der Waals surface area contributed by atoms with Crippen molar-refractivity contribution in [2.45, 2.75) is 18.9 Å². The lowest BCUT2D eigenvalue weighted by Gasteiger charge is -2.30. The van der Waals surface area contributed by atoms with Crippen LogP contribution in [-0.2, 0) is 14.8 Å². The van der Waals surface area contributed by atoms with Crippen molar-refractivity contribution < 1.29 is 22.0 Å². The third kappa shape index (κ3) is 4.88. The van der Waals surface area contributed by atoms with Crippen molar-refractivity contribution in [3.63, 3.8) is 0 Å². The first-order chi connectivity index (χ1) is 11.2. The highest BCUT2D eigenvalue weighted by Crippen LogP contribution is 2.22. The Balaban J connectivity index is 2.10. The predicted octanol–water partition coefficient (Wildman–Crippen LogP) is 0.941. The van der Waals surface area contributed by atoms with Crippen molar-refractivity contribution in [2.24, 2.45) is 0 Å². The summed E-state index contributed by atoms with van der Waals surface area (Å²) >= 11 is 0. The second-order valence-corrected chi connectivity index (χ2v) is 7.92. The van der Waals surface area contributed by atoms with Crippen molar-refractivity contribution in [2.75, 3.05) is 37.2 Å². The molecule has 1 saturated heterocycles. The molecule has 0 spiro atoms. The fourth-order valence-corrected chi connectivity index (χ4v) is 3.48. The van der Waals surface area contributed by atoms with Crippen LogP contribution in [0.15, 0.2) is 18.2 Å². The first-order valence-corrected chi connectivity index (χ1v) is 9.42.